The van der Waals surface area contributed by atoms with Gasteiger partial charge in [-0.2, -0.15) is 0 Å². The molecule has 1 unspecified atom stereocenters. The van der Waals surface area contributed by atoms with Gasteiger partial charge in [-0.15, -0.1) is 11.6 Å². The summed E-state index contributed by atoms with van der Waals surface area (Å²) in [5, 5.41) is 3.38. The minimum atomic E-state index is 0.622. The van der Waals surface area contributed by atoms with Gasteiger partial charge in [0.1, 0.15) is 0 Å². The van der Waals surface area contributed by atoms with Gasteiger partial charge in [0.25, 0.3) is 0 Å². The van der Waals surface area contributed by atoms with E-state index < -0.39 is 0 Å². The second kappa shape index (κ2) is 7.34. The number of aromatic nitrogens is 1. The van der Waals surface area contributed by atoms with Crippen molar-refractivity contribution in [3.05, 3.63) is 18.3 Å². The average Bonchev–Trinajstić information content (AvgIpc) is 2.34. The number of hydrogen-bond donors (Lipinski definition) is 1. The summed E-state index contributed by atoms with van der Waals surface area (Å²) in [4.78, 5) is 4.06. The molecule has 0 amide bonds. The molecule has 1 rings (SSSR count). The van der Waals surface area contributed by atoms with Crippen LogP contribution < -0.4 is 10.1 Å². The lowest BCUT2D eigenvalue weighted by Crippen LogP contribution is -2.14. The number of alkyl halides is 1. The zero-order valence-corrected chi connectivity index (χ0v) is 10.6. The maximum atomic E-state index is 5.75. The smallest absolute Gasteiger partial charge is 0.214 e. The summed E-state index contributed by atoms with van der Waals surface area (Å²) in [6.45, 7) is 3.13. The average molecular weight is 243 g/mol. The van der Waals surface area contributed by atoms with Gasteiger partial charge in [-0.25, -0.2) is 4.98 Å². The quantitative estimate of drug-likeness (QED) is 0.746. The third-order valence-corrected chi connectivity index (χ3v) is 2.85. The van der Waals surface area contributed by atoms with Gasteiger partial charge >= 0.3 is 0 Å². The Hall–Kier alpha value is -0.960. The molecule has 1 aromatic heterocycles. The van der Waals surface area contributed by atoms with E-state index in [-0.39, 0.29) is 0 Å². The van der Waals surface area contributed by atoms with E-state index in [1.54, 1.807) is 13.3 Å². The SMILES string of the molecule is CCC(CCCl)CNc1ccnc(OC)c1. The number of methoxy groups -OCH3 is 1. The van der Waals surface area contributed by atoms with Crippen LogP contribution in [0.25, 0.3) is 0 Å². The number of nitrogens with one attached hydrogen (secondary N) is 1. The number of ether oxygens (including phenoxy) is 1. The third-order valence-electron chi connectivity index (χ3n) is 2.63. The van der Waals surface area contributed by atoms with E-state index in [1.165, 1.54) is 0 Å². The van der Waals surface area contributed by atoms with Gasteiger partial charge in [0.05, 0.1) is 7.11 Å². The molecule has 0 aliphatic rings. The lowest BCUT2D eigenvalue weighted by Gasteiger charge is -2.15. The van der Waals surface area contributed by atoms with E-state index in [0.29, 0.717) is 11.8 Å². The highest BCUT2D eigenvalue weighted by Crippen LogP contribution is 2.15. The molecule has 0 aromatic carbocycles. The Morgan fingerprint density at radius 2 is 2.38 bits per heavy atom. The molecule has 0 fully saturated rings. The summed E-state index contributed by atoms with van der Waals surface area (Å²) >= 11 is 5.75. The predicted molar refractivity (Wildman–Crippen MR) is 68.4 cm³/mol. The van der Waals surface area contributed by atoms with Crippen molar-refractivity contribution in [1.29, 1.82) is 0 Å². The van der Waals surface area contributed by atoms with Crippen LogP contribution in [0.4, 0.5) is 5.69 Å². The van der Waals surface area contributed by atoms with Crippen LogP contribution >= 0.6 is 11.6 Å². The molecule has 16 heavy (non-hydrogen) atoms. The fraction of sp³-hybridized carbons (Fsp3) is 0.583. The molecule has 4 heteroatoms. The minimum Gasteiger partial charge on any atom is -0.481 e. The molecular formula is C12H19ClN2O. The first kappa shape index (κ1) is 13.1. The van der Waals surface area contributed by atoms with E-state index in [9.17, 15) is 0 Å². The van der Waals surface area contributed by atoms with E-state index >= 15 is 0 Å². The Kier molecular flexibility index (Phi) is 6.01. The summed E-state index contributed by atoms with van der Waals surface area (Å²) in [7, 11) is 1.62. The molecule has 1 atom stereocenters. The maximum absolute atomic E-state index is 5.75. The normalized spacial score (nSPS) is 12.2. The van der Waals surface area contributed by atoms with E-state index in [0.717, 1.165) is 31.0 Å². The summed E-state index contributed by atoms with van der Waals surface area (Å²) in [5.41, 5.74) is 1.04. The zero-order chi connectivity index (χ0) is 11.8. The molecule has 1 heterocycles. The predicted octanol–water partition coefficient (Wildman–Crippen LogP) is 3.16. The van der Waals surface area contributed by atoms with Crippen LogP contribution in [0.3, 0.4) is 0 Å². The van der Waals surface area contributed by atoms with Crippen LogP contribution in [0, 0.1) is 5.92 Å². The molecule has 0 aliphatic heterocycles. The van der Waals surface area contributed by atoms with Crippen molar-refractivity contribution in [1.82, 2.24) is 4.98 Å². The number of nitrogens with zero attached hydrogens (tertiary/aromatic N) is 1. The van der Waals surface area contributed by atoms with Crippen molar-refractivity contribution in [2.75, 3.05) is 24.9 Å². The molecule has 3 nitrogen and oxygen atoms in total. The van der Waals surface area contributed by atoms with Crippen LogP contribution in [0.2, 0.25) is 0 Å². The van der Waals surface area contributed by atoms with E-state index in [4.69, 9.17) is 16.3 Å². The minimum absolute atomic E-state index is 0.622. The Morgan fingerprint density at radius 3 is 3.00 bits per heavy atom. The van der Waals surface area contributed by atoms with Gasteiger partial charge in [-0.05, 0) is 18.4 Å². The Balaban J connectivity index is 2.46. The Bertz CT molecular complexity index is 307. The van der Waals surface area contributed by atoms with Crippen LogP contribution in [-0.2, 0) is 0 Å². The summed E-state index contributed by atoms with van der Waals surface area (Å²) in [5.74, 6) is 1.98. The molecule has 1 aromatic rings. The molecule has 0 bridgehead atoms. The fourth-order valence-electron chi connectivity index (χ4n) is 1.50. The van der Waals surface area contributed by atoms with Crippen LogP contribution in [0.15, 0.2) is 18.3 Å². The van der Waals surface area contributed by atoms with Crippen molar-refractivity contribution < 1.29 is 4.74 Å². The molecular weight excluding hydrogens is 224 g/mol. The molecule has 0 aliphatic carbocycles. The number of anilines is 1. The lowest BCUT2D eigenvalue weighted by molar-refractivity contribution is 0.398. The van der Waals surface area contributed by atoms with Crippen LogP contribution in [0.1, 0.15) is 19.8 Å². The molecule has 0 saturated heterocycles. The van der Waals surface area contributed by atoms with Gasteiger partial charge in [-0.3, -0.25) is 0 Å². The first-order valence-corrected chi connectivity index (χ1v) is 6.13. The highest BCUT2D eigenvalue weighted by atomic mass is 35.5. The van der Waals surface area contributed by atoms with Crippen molar-refractivity contribution in [2.24, 2.45) is 5.92 Å². The van der Waals surface area contributed by atoms with Crippen molar-refractivity contribution in [3.8, 4) is 5.88 Å². The zero-order valence-electron chi connectivity index (χ0n) is 9.87. The Labute approximate surface area is 102 Å². The topological polar surface area (TPSA) is 34.2 Å². The highest BCUT2D eigenvalue weighted by molar-refractivity contribution is 6.17. The molecule has 90 valence electrons. The summed E-state index contributed by atoms with van der Waals surface area (Å²) in [6, 6.07) is 3.84. The van der Waals surface area contributed by atoms with E-state index in [2.05, 4.69) is 17.2 Å². The van der Waals surface area contributed by atoms with Crippen molar-refractivity contribution in [3.63, 3.8) is 0 Å². The number of halogens is 1. The van der Waals surface area contributed by atoms with Gasteiger partial charge in [-0.1, -0.05) is 13.3 Å². The molecule has 0 spiro atoms. The molecule has 0 radical (unpaired) electrons. The van der Waals surface area contributed by atoms with E-state index in [1.807, 2.05) is 12.1 Å². The van der Waals surface area contributed by atoms with Crippen LogP contribution in [0.5, 0.6) is 5.88 Å². The molecule has 0 saturated carbocycles. The number of pyridine rings is 1. The standard InChI is InChI=1S/C12H19ClN2O/c1-3-10(4-6-13)9-15-11-5-7-14-12(8-11)16-2/h5,7-8,10H,3-4,6,9H2,1-2H3,(H,14,15). The molecule has 1 N–H and O–H groups in total. The monoisotopic (exact) mass is 242 g/mol. The van der Waals surface area contributed by atoms with Gasteiger partial charge < -0.3 is 10.1 Å². The largest absolute Gasteiger partial charge is 0.481 e. The third kappa shape index (κ3) is 4.27. The van der Waals surface area contributed by atoms with Gasteiger partial charge in [0.15, 0.2) is 0 Å². The lowest BCUT2D eigenvalue weighted by atomic mass is 10.0. The second-order valence-electron chi connectivity index (χ2n) is 3.72. The van der Waals surface area contributed by atoms with Gasteiger partial charge in [0.2, 0.25) is 5.88 Å². The number of hydrogen-bond acceptors (Lipinski definition) is 3. The highest BCUT2D eigenvalue weighted by Gasteiger charge is 2.05. The van der Waals surface area contributed by atoms with Crippen molar-refractivity contribution >= 4 is 17.3 Å². The first-order chi connectivity index (χ1) is 7.80. The summed E-state index contributed by atoms with van der Waals surface area (Å²) < 4.78 is 5.06. The van der Waals surface area contributed by atoms with Crippen LogP contribution in [-0.4, -0.2) is 24.5 Å². The second-order valence-corrected chi connectivity index (χ2v) is 4.10. The summed E-state index contributed by atoms with van der Waals surface area (Å²) in [6.07, 6.45) is 3.93. The number of rotatable bonds is 7. The Morgan fingerprint density at radius 1 is 1.56 bits per heavy atom. The fourth-order valence-corrected chi connectivity index (χ4v) is 1.81. The van der Waals surface area contributed by atoms with Crippen molar-refractivity contribution in [2.45, 2.75) is 19.8 Å². The van der Waals surface area contributed by atoms with Gasteiger partial charge in [0, 0.05) is 30.4 Å². The maximum Gasteiger partial charge on any atom is 0.214 e. The first-order valence-electron chi connectivity index (χ1n) is 5.60.